The number of esters is 3. The van der Waals surface area contributed by atoms with Crippen molar-refractivity contribution < 1.29 is 28.6 Å². The Balaban J connectivity index is 4.26. The third kappa shape index (κ3) is 64.5. The summed E-state index contributed by atoms with van der Waals surface area (Å²) >= 11 is 0. The first-order chi connectivity index (χ1) is 38.5. The van der Waals surface area contributed by atoms with Crippen molar-refractivity contribution >= 4 is 17.9 Å². The van der Waals surface area contributed by atoms with Gasteiger partial charge in [-0.25, -0.2) is 0 Å². The number of unbranched alkanes of at least 4 members (excludes halogenated alkanes) is 48. The average molecular weight is 1100 g/mol. The van der Waals surface area contributed by atoms with Gasteiger partial charge in [0.25, 0.3) is 0 Å². The number of hydrogen-bond donors (Lipinski definition) is 0. The van der Waals surface area contributed by atoms with Gasteiger partial charge in [-0.1, -0.05) is 327 Å². The third-order valence-electron chi connectivity index (χ3n) is 15.9. The van der Waals surface area contributed by atoms with Gasteiger partial charge in [-0.15, -0.1) is 0 Å². The fraction of sp³-hybridized carbons (Fsp3) is 0.875. The van der Waals surface area contributed by atoms with E-state index in [9.17, 15) is 14.4 Å². The average Bonchev–Trinajstić information content (AvgIpc) is 3.44. The van der Waals surface area contributed by atoms with Crippen molar-refractivity contribution in [3.63, 3.8) is 0 Å². The summed E-state index contributed by atoms with van der Waals surface area (Å²) in [6.45, 7) is 6.67. The molecule has 458 valence electrons. The number of carbonyl (C=O) groups excluding carboxylic acids is 3. The van der Waals surface area contributed by atoms with Gasteiger partial charge < -0.3 is 14.2 Å². The van der Waals surface area contributed by atoms with Crippen LogP contribution in [0, 0.1) is 0 Å². The van der Waals surface area contributed by atoms with Crippen LogP contribution in [0.25, 0.3) is 0 Å². The van der Waals surface area contributed by atoms with Gasteiger partial charge >= 0.3 is 17.9 Å². The highest BCUT2D eigenvalue weighted by Gasteiger charge is 2.19. The van der Waals surface area contributed by atoms with Crippen LogP contribution in [-0.4, -0.2) is 37.2 Å². The van der Waals surface area contributed by atoms with Crippen molar-refractivity contribution in [2.75, 3.05) is 13.2 Å². The van der Waals surface area contributed by atoms with Gasteiger partial charge in [0.2, 0.25) is 0 Å². The summed E-state index contributed by atoms with van der Waals surface area (Å²) in [5, 5.41) is 0. The van der Waals surface area contributed by atoms with E-state index >= 15 is 0 Å². The highest BCUT2D eigenvalue weighted by Crippen LogP contribution is 2.18. The maximum absolute atomic E-state index is 12.9. The molecule has 0 N–H and O–H groups in total. The van der Waals surface area contributed by atoms with Crippen LogP contribution in [0.4, 0.5) is 0 Å². The van der Waals surface area contributed by atoms with E-state index in [4.69, 9.17) is 14.2 Å². The lowest BCUT2D eigenvalue weighted by Crippen LogP contribution is -2.30. The van der Waals surface area contributed by atoms with Crippen LogP contribution in [-0.2, 0) is 28.6 Å². The largest absolute Gasteiger partial charge is 0.462 e. The van der Waals surface area contributed by atoms with Gasteiger partial charge in [0.05, 0.1) is 0 Å². The summed E-state index contributed by atoms with van der Waals surface area (Å²) in [7, 11) is 0. The molecule has 0 aliphatic carbocycles. The molecule has 0 aliphatic heterocycles. The Morgan fingerprint density at radius 2 is 0.462 bits per heavy atom. The molecule has 0 aromatic rings. The molecular weight excluding hydrogens is 961 g/mol. The van der Waals surface area contributed by atoms with Crippen LogP contribution < -0.4 is 0 Å². The van der Waals surface area contributed by atoms with E-state index in [1.807, 2.05) is 0 Å². The monoisotopic (exact) mass is 1100 g/mol. The molecular formula is C72H134O6. The smallest absolute Gasteiger partial charge is 0.306 e. The fourth-order valence-electron chi connectivity index (χ4n) is 10.6. The van der Waals surface area contributed by atoms with E-state index in [1.54, 1.807) is 0 Å². The molecule has 0 fully saturated rings. The van der Waals surface area contributed by atoms with E-state index in [-0.39, 0.29) is 31.1 Å². The van der Waals surface area contributed by atoms with Crippen LogP contribution in [0.1, 0.15) is 387 Å². The molecule has 1 atom stereocenters. The lowest BCUT2D eigenvalue weighted by atomic mass is 10.0. The van der Waals surface area contributed by atoms with Gasteiger partial charge in [-0.2, -0.15) is 0 Å². The quantitative estimate of drug-likeness (QED) is 0.0261. The first kappa shape index (κ1) is 75.6. The third-order valence-corrected chi connectivity index (χ3v) is 15.9. The van der Waals surface area contributed by atoms with Crippen LogP contribution in [0.15, 0.2) is 36.5 Å². The Morgan fingerprint density at radius 1 is 0.256 bits per heavy atom. The van der Waals surface area contributed by atoms with Crippen LogP contribution in [0.5, 0.6) is 0 Å². The van der Waals surface area contributed by atoms with E-state index in [0.717, 1.165) is 70.6 Å². The van der Waals surface area contributed by atoms with Crippen LogP contribution in [0.3, 0.4) is 0 Å². The second kappa shape index (κ2) is 67.1. The molecule has 0 aromatic heterocycles. The summed E-state index contributed by atoms with van der Waals surface area (Å²) < 4.78 is 17.0. The van der Waals surface area contributed by atoms with Gasteiger partial charge in [0.1, 0.15) is 13.2 Å². The van der Waals surface area contributed by atoms with E-state index in [0.29, 0.717) is 19.3 Å². The van der Waals surface area contributed by atoms with Crippen molar-refractivity contribution in [2.45, 2.75) is 393 Å². The Kier molecular flexibility index (Phi) is 65.1. The normalized spacial score (nSPS) is 12.2. The van der Waals surface area contributed by atoms with E-state index < -0.39 is 6.10 Å². The molecule has 0 aliphatic rings. The summed E-state index contributed by atoms with van der Waals surface area (Å²) in [5.74, 6) is -0.857. The maximum atomic E-state index is 12.9. The topological polar surface area (TPSA) is 78.9 Å². The summed E-state index contributed by atoms with van der Waals surface area (Å²) in [4.78, 5) is 38.4. The zero-order chi connectivity index (χ0) is 56.4. The van der Waals surface area contributed by atoms with Crippen LogP contribution >= 0.6 is 0 Å². The molecule has 0 heterocycles. The van der Waals surface area contributed by atoms with Gasteiger partial charge in [-0.05, 0) is 77.0 Å². The predicted octanol–water partition coefficient (Wildman–Crippen LogP) is 23.9. The number of hydrogen-bond acceptors (Lipinski definition) is 6. The SMILES string of the molecule is CCCCC/C=C\C/C=C\CCCCCCCCCC(=O)OC(COC(=O)CCCCCCCCC/C=C\CCCCCCCC)COC(=O)CCCCCCCCCCCCCCCCCCCCCCCCCCCC. The van der Waals surface area contributed by atoms with Crippen molar-refractivity contribution in [3.05, 3.63) is 36.5 Å². The minimum Gasteiger partial charge on any atom is -0.462 e. The second-order valence-corrected chi connectivity index (χ2v) is 23.8. The molecule has 0 radical (unpaired) electrons. The zero-order valence-corrected chi connectivity index (χ0v) is 52.7. The first-order valence-corrected chi connectivity index (χ1v) is 35.0. The Hall–Kier alpha value is -2.37. The lowest BCUT2D eigenvalue weighted by Gasteiger charge is -2.18. The predicted molar refractivity (Wildman–Crippen MR) is 339 cm³/mol. The van der Waals surface area contributed by atoms with Gasteiger partial charge in [0.15, 0.2) is 6.10 Å². The van der Waals surface area contributed by atoms with Gasteiger partial charge in [-0.3, -0.25) is 14.4 Å². The van der Waals surface area contributed by atoms with E-state index in [2.05, 4.69) is 57.2 Å². The molecule has 1 unspecified atom stereocenters. The maximum Gasteiger partial charge on any atom is 0.306 e. The molecule has 6 nitrogen and oxygen atoms in total. The Morgan fingerprint density at radius 3 is 0.744 bits per heavy atom. The number of allylic oxidation sites excluding steroid dienone is 6. The van der Waals surface area contributed by atoms with Crippen molar-refractivity contribution in [1.82, 2.24) is 0 Å². The molecule has 0 bridgehead atoms. The molecule has 78 heavy (non-hydrogen) atoms. The molecule has 0 rings (SSSR count). The first-order valence-electron chi connectivity index (χ1n) is 35.0. The molecule has 6 heteroatoms. The highest BCUT2D eigenvalue weighted by molar-refractivity contribution is 5.71. The Labute approximate surface area is 486 Å². The van der Waals surface area contributed by atoms with Gasteiger partial charge in [0, 0.05) is 19.3 Å². The van der Waals surface area contributed by atoms with E-state index in [1.165, 1.54) is 276 Å². The zero-order valence-electron chi connectivity index (χ0n) is 52.7. The number of carbonyl (C=O) groups is 3. The molecule has 0 aromatic carbocycles. The molecule has 0 amide bonds. The second-order valence-electron chi connectivity index (χ2n) is 23.8. The molecule has 0 saturated carbocycles. The Bertz CT molecular complexity index is 1300. The highest BCUT2D eigenvalue weighted by atomic mass is 16.6. The van der Waals surface area contributed by atoms with Crippen molar-refractivity contribution in [2.24, 2.45) is 0 Å². The minimum atomic E-state index is -0.777. The summed E-state index contributed by atoms with van der Waals surface area (Å²) in [6.07, 6.45) is 83.1. The lowest BCUT2D eigenvalue weighted by molar-refractivity contribution is -0.167. The van der Waals surface area contributed by atoms with Crippen molar-refractivity contribution in [3.8, 4) is 0 Å². The standard InChI is InChI=1S/C72H134O6/c1-4-7-10-13-16-19-22-25-28-31-32-33-34-35-36-37-38-39-42-44-47-50-53-56-59-62-65-71(74)77-68-69(78-72(75)66-63-60-57-54-51-48-45-41-30-27-24-21-18-15-12-9-6-3)67-76-70(73)64-61-58-55-52-49-46-43-40-29-26-23-20-17-14-11-8-5-2/h18,21,26-27,29-30,69H,4-17,19-20,22-25,28,31-68H2,1-3H3/b21-18-,29-26-,30-27-. The van der Waals surface area contributed by atoms with Crippen LogP contribution in [0.2, 0.25) is 0 Å². The fourth-order valence-corrected chi connectivity index (χ4v) is 10.6. The number of ether oxygens (including phenoxy) is 3. The van der Waals surface area contributed by atoms with Crippen molar-refractivity contribution in [1.29, 1.82) is 0 Å². The minimum absolute atomic E-state index is 0.0722. The number of rotatable bonds is 65. The molecule has 0 spiro atoms. The summed E-state index contributed by atoms with van der Waals surface area (Å²) in [6, 6.07) is 0. The molecule has 0 saturated heterocycles. The summed E-state index contributed by atoms with van der Waals surface area (Å²) in [5.41, 5.74) is 0.